The summed E-state index contributed by atoms with van der Waals surface area (Å²) in [4.78, 5) is 12.4. The van der Waals surface area contributed by atoms with Crippen molar-refractivity contribution in [3.05, 3.63) is 58.9 Å². The van der Waals surface area contributed by atoms with Crippen molar-refractivity contribution >= 4 is 23.4 Å². The molecule has 164 valence electrons. The van der Waals surface area contributed by atoms with Gasteiger partial charge in [-0.25, -0.2) is 0 Å². The Hall–Kier alpha value is -3.00. The highest BCUT2D eigenvalue weighted by Gasteiger charge is 2.14. The molecule has 0 saturated heterocycles. The van der Waals surface area contributed by atoms with E-state index in [0.717, 1.165) is 22.4 Å². The maximum absolute atomic E-state index is 12.4. The fourth-order valence-corrected chi connectivity index (χ4v) is 3.66. The normalized spacial score (nSPS) is 10.7. The molecule has 0 fully saturated rings. The van der Waals surface area contributed by atoms with Crippen LogP contribution in [0.3, 0.4) is 0 Å². The number of carbonyl (C=O) groups excluding carboxylic acids is 1. The lowest BCUT2D eigenvalue weighted by Gasteiger charge is -2.12. The molecule has 1 amide bonds. The Balaban J connectivity index is 1.58. The number of nitrogens with one attached hydrogen (secondary N) is 1. The van der Waals surface area contributed by atoms with E-state index in [0.29, 0.717) is 29.1 Å². The Morgan fingerprint density at radius 3 is 2.55 bits per heavy atom. The average Bonchev–Trinajstić information content (AvgIpc) is 3.08. The predicted octanol–water partition coefficient (Wildman–Crippen LogP) is 4.45. The van der Waals surface area contributed by atoms with Crippen LogP contribution in [0.25, 0.3) is 0 Å². The number of hydrogen-bond donors (Lipinski definition) is 1. The molecule has 1 heterocycles. The van der Waals surface area contributed by atoms with Gasteiger partial charge in [0.2, 0.25) is 5.91 Å². The van der Waals surface area contributed by atoms with Gasteiger partial charge in [0.25, 0.3) is 0 Å². The minimum absolute atomic E-state index is 0.0829. The molecule has 0 aliphatic heterocycles. The van der Waals surface area contributed by atoms with Gasteiger partial charge in [-0.15, -0.1) is 10.2 Å². The molecule has 0 spiro atoms. The topological polar surface area (TPSA) is 78.3 Å². The van der Waals surface area contributed by atoms with Gasteiger partial charge in [-0.05, 0) is 62.6 Å². The number of carbonyl (C=O) groups is 1. The van der Waals surface area contributed by atoms with Crippen LogP contribution in [0.5, 0.6) is 11.5 Å². The van der Waals surface area contributed by atoms with Crippen LogP contribution >= 0.6 is 11.8 Å². The SMILES string of the molecule is CCOc1cc(C)ccc1OCc1nnc(SCC(=O)Nc2cc(C)ccc2C)n1C. The van der Waals surface area contributed by atoms with Crippen LogP contribution in [-0.2, 0) is 18.4 Å². The summed E-state index contributed by atoms with van der Waals surface area (Å²) < 4.78 is 13.4. The lowest BCUT2D eigenvalue weighted by molar-refractivity contribution is -0.113. The van der Waals surface area contributed by atoms with E-state index in [4.69, 9.17) is 9.47 Å². The first kappa shape index (κ1) is 22.7. The lowest BCUT2D eigenvalue weighted by Crippen LogP contribution is -2.15. The number of aryl methyl sites for hydroxylation is 3. The molecule has 8 heteroatoms. The summed E-state index contributed by atoms with van der Waals surface area (Å²) in [7, 11) is 1.86. The number of rotatable bonds is 9. The average molecular weight is 441 g/mol. The quantitative estimate of drug-likeness (QED) is 0.495. The molecule has 2 aromatic carbocycles. The fourth-order valence-electron chi connectivity index (χ4n) is 2.93. The Morgan fingerprint density at radius 2 is 1.77 bits per heavy atom. The third kappa shape index (κ3) is 6.01. The van der Waals surface area contributed by atoms with Gasteiger partial charge in [0.15, 0.2) is 22.5 Å². The third-order valence-corrected chi connectivity index (χ3v) is 5.70. The van der Waals surface area contributed by atoms with Crippen LogP contribution in [0.2, 0.25) is 0 Å². The van der Waals surface area contributed by atoms with Crippen molar-refractivity contribution in [3.63, 3.8) is 0 Å². The highest BCUT2D eigenvalue weighted by molar-refractivity contribution is 7.99. The molecular formula is C23H28N4O3S. The largest absolute Gasteiger partial charge is 0.490 e. The van der Waals surface area contributed by atoms with E-state index in [-0.39, 0.29) is 18.3 Å². The molecule has 0 bridgehead atoms. The number of benzene rings is 2. The number of nitrogens with zero attached hydrogens (tertiary/aromatic N) is 3. The van der Waals surface area contributed by atoms with Crippen molar-refractivity contribution in [3.8, 4) is 11.5 Å². The zero-order valence-corrected chi connectivity index (χ0v) is 19.4. The van der Waals surface area contributed by atoms with Crippen LogP contribution in [0.4, 0.5) is 5.69 Å². The van der Waals surface area contributed by atoms with E-state index < -0.39 is 0 Å². The highest BCUT2D eigenvalue weighted by Crippen LogP contribution is 2.29. The van der Waals surface area contributed by atoms with E-state index in [1.165, 1.54) is 11.8 Å². The second-order valence-corrected chi connectivity index (χ2v) is 8.23. The number of aromatic nitrogens is 3. The zero-order valence-electron chi connectivity index (χ0n) is 18.6. The van der Waals surface area contributed by atoms with E-state index in [1.807, 2.05) is 75.7 Å². The van der Waals surface area contributed by atoms with Gasteiger partial charge < -0.3 is 19.4 Å². The van der Waals surface area contributed by atoms with Crippen LogP contribution in [0.15, 0.2) is 41.6 Å². The zero-order chi connectivity index (χ0) is 22.4. The van der Waals surface area contributed by atoms with E-state index in [9.17, 15) is 4.79 Å². The molecule has 0 atom stereocenters. The predicted molar refractivity (Wildman–Crippen MR) is 123 cm³/mol. The van der Waals surface area contributed by atoms with Gasteiger partial charge in [0.1, 0.15) is 6.61 Å². The third-order valence-electron chi connectivity index (χ3n) is 4.68. The Bertz CT molecular complexity index is 1060. The molecule has 3 rings (SSSR count). The number of thioether (sulfide) groups is 1. The van der Waals surface area contributed by atoms with Crippen molar-refractivity contribution in [2.75, 3.05) is 17.7 Å². The summed E-state index contributed by atoms with van der Waals surface area (Å²) in [6.45, 7) is 8.74. The first-order valence-corrected chi connectivity index (χ1v) is 11.1. The molecule has 0 unspecified atom stereocenters. The second kappa shape index (κ2) is 10.3. The van der Waals surface area contributed by atoms with E-state index >= 15 is 0 Å². The fraction of sp³-hybridized carbons (Fsp3) is 0.348. The molecular weight excluding hydrogens is 412 g/mol. The molecule has 1 aromatic heterocycles. The van der Waals surface area contributed by atoms with Gasteiger partial charge in [-0.1, -0.05) is 30.0 Å². The Labute approximate surface area is 187 Å². The summed E-state index contributed by atoms with van der Waals surface area (Å²) in [6, 6.07) is 11.8. The van der Waals surface area contributed by atoms with Crippen LogP contribution in [0, 0.1) is 20.8 Å². The Morgan fingerprint density at radius 1 is 1.03 bits per heavy atom. The maximum Gasteiger partial charge on any atom is 0.234 e. The summed E-state index contributed by atoms with van der Waals surface area (Å²) in [5, 5.41) is 12.0. The van der Waals surface area contributed by atoms with Gasteiger partial charge in [0, 0.05) is 12.7 Å². The molecule has 7 nitrogen and oxygen atoms in total. The lowest BCUT2D eigenvalue weighted by atomic mass is 10.1. The summed E-state index contributed by atoms with van der Waals surface area (Å²) in [6.07, 6.45) is 0. The van der Waals surface area contributed by atoms with Crippen molar-refractivity contribution in [1.29, 1.82) is 0 Å². The van der Waals surface area contributed by atoms with Crippen LogP contribution < -0.4 is 14.8 Å². The summed E-state index contributed by atoms with van der Waals surface area (Å²) in [5.74, 6) is 2.20. The number of hydrogen-bond acceptors (Lipinski definition) is 6. The minimum atomic E-state index is -0.0829. The smallest absolute Gasteiger partial charge is 0.234 e. The first-order valence-electron chi connectivity index (χ1n) is 10.1. The monoisotopic (exact) mass is 440 g/mol. The Kier molecular flexibility index (Phi) is 7.57. The van der Waals surface area contributed by atoms with Crippen LogP contribution in [0.1, 0.15) is 29.4 Å². The van der Waals surface area contributed by atoms with Crippen molar-refractivity contribution in [2.45, 2.75) is 39.5 Å². The highest BCUT2D eigenvalue weighted by atomic mass is 32.2. The van der Waals surface area contributed by atoms with Gasteiger partial charge in [-0.3, -0.25) is 4.79 Å². The molecule has 1 N–H and O–H groups in total. The minimum Gasteiger partial charge on any atom is -0.490 e. The van der Waals surface area contributed by atoms with E-state index in [1.54, 1.807) is 0 Å². The molecule has 31 heavy (non-hydrogen) atoms. The van der Waals surface area contributed by atoms with E-state index in [2.05, 4.69) is 15.5 Å². The maximum atomic E-state index is 12.4. The number of amides is 1. The first-order chi connectivity index (χ1) is 14.9. The molecule has 0 saturated carbocycles. The molecule has 0 aliphatic carbocycles. The molecule has 3 aromatic rings. The molecule has 0 aliphatic rings. The van der Waals surface area contributed by atoms with Crippen molar-refractivity contribution in [2.24, 2.45) is 7.05 Å². The summed E-state index contributed by atoms with van der Waals surface area (Å²) in [5.41, 5.74) is 4.07. The van der Waals surface area contributed by atoms with Gasteiger partial charge in [-0.2, -0.15) is 0 Å². The molecule has 0 radical (unpaired) electrons. The standard InChI is InChI=1S/C23H28N4O3S/c1-6-29-20-12-16(3)8-10-19(20)30-13-21-25-26-23(27(21)5)31-14-22(28)24-18-11-15(2)7-9-17(18)4/h7-12H,6,13-14H2,1-5H3,(H,24,28). The van der Waals surface area contributed by atoms with Crippen molar-refractivity contribution in [1.82, 2.24) is 14.8 Å². The van der Waals surface area contributed by atoms with Crippen LogP contribution in [-0.4, -0.2) is 33.0 Å². The van der Waals surface area contributed by atoms with Gasteiger partial charge >= 0.3 is 0 Å². The summed E-state index contributed by atoms with van der Waals surface area (Å²) >= 11 is 1.34. The second-order valence-electron chi connectivity index (χ2n) is 7.28. The van der Waals surface area contributed by atoms with Gasteiger partial charge in [0.05, 0.1) is 12.4 Å². The number of anilines is 1. The number of ether oxygens (including phenoxy) is 2. The van der Waals surface area contributed by atoms with Crippen molar-refractivity contribution < 1.29 is 14.3 Å².